The minimum absolute atomic E-state index is 0.224. The first-order valence-corrected chi connectivity index (χ1v) is 8.34. The summed E-state index contributed by atoms with van der Waals surface area (Å²) in [5.74, 6) is -0.486. The monoisotopic (exact) mass is 390 g/mol. The summed E-state index contributed by atoms with van der Waals surface area (Å²) in [6, 6.07) is 14.0. The Balaban J connectivity index is 2.06. The van der Waals surface area contributed by atoms with E-state index in [-0.39, 0.29) is 11.8 Å². The van der Waals surface area contributed by atoms with E-state index in [1.54, 1.807) is 55.6 Å². The van der Waals surface area contributed by atoms with Crippen molar-refractivity contribution in [3.63, 3.8) is 0 Å². The first kappa shape index (κ1) is 18.2. The summed E-state index contributed by atoms with van der Waals surface area (Å²) in [7, 11) is 1.62. The standard InChI is InChI=1S/C18H19BrN2O3/c1-24-12-4-11-20-18(23)15-5-2-3-6-16(15)21-17(22)13-7-9-14(19)10-8-13/h2-3,5-10H,4,11-12H2,1H3,(H,20,23)(H,21,22). The molecule has 5 nitrogen and oxygen atoms in total. The lowest BCUT2D eigenvalue weighted by Gasteiger charge is -2.11. The lowest BCUT2D eigenvalue weighted by Crippen LogP contribution is -2.26. The molecule has 24 heavy (non-hydrogen) atoms. The molecule has 0 aliphatic heterocycles. The molecule has 0 aromatic heterocycles. The van der Waals surface area contributed by atoms with Crippen LogP contribution in [0.15, 0.2) is 53.0 Å². The third kappa shape index (κ3) is 5.18. The number of amides is 2. The highest BCUT2D eigenvalue weighted by molar-refractivity contribution is 9.10. The molecule has 0 spiro atoms. The fourth-order valence-electron chi connectivity index (χ4n) is 2.10. The van der Waals surface area contributed by atoms with Crippen molar-refractivity contribution >= 4 is 33.4 Å². The number of hydrogen-bond acceptors (Lipinski definition) is 3. The van der Waals surface area contributed by atoms with Crippen LogP contribution in [0, 0.1) is 0 Å². The van der Waals surface area contributed by atoms with Gasteiger partial charge in [0, 0.05) is 30.3 Å². The fourth-order valence-corrected chi connectivity index (χ4v) is 2.36. The first-order valence-electron chi connectivity index (χ1n) is 7.55. The van der Waals surface area contributed by atoms with Crippen molar-refractivity contribution < 1.29 is 14.3 Å². The summed E-state index contributed by atoms with van der Waals surface area (Å²) in [6.45, 7) is 1.10. The summed E-state index contributed by atoms with van der Waals surface area (Å²) >= 11 is 3.33. The predicted octanol–water partition coefficient (Wildman–Crippen LogP) is 3.47. The Morgan fingerprint density at radius 2 is 1.75 bits per heavy atom. The summed E-state index contributed by atoms with van der Waals surface area (Å²) in [5, 5.41) is 5.61. The number of benzene rings is 2. The van der Waals surface area contributed by atoms with Crippen molar-refractivity contribution in [1.29, 1.82) is 0 Å². The van der Waals surface area contributed by atoms with Crippen molar-refractivity contribution in [2.24, 2.45) is 0 Å². The largest absolute Gasteiger partial charge is 0.385 e. The molecular weight excluding hydrogens is 372 g/mol. The minimum Gasteiger partial charge on any atom is -0.385 e. The van der Waals surface area contributed by atoms with Crippen molar-refractivity contribution in [1.82, 2.24) is 5.32 Å². The van der Waals surface area contributed by atoms with Crippen LogP contribution >= 0.6 is 15.9 Å². The van der Waals surface area contributed by atoms with Gasteiger partial charge in [-0.3, -0.25) is 9.59 Å². The van der Waals surface area contributed by atoms with E-state index >= 15 is 0 Å². The molecule has 6 heteroatoms. The normalized spacial score (nSPS) is 10.2. The van der Waals surface area contributed by atoms with Gasteiger partial charge in [0.2, 0.25) is 0 Å². The van der Waals surface area contributed by atoms with Crippen molar-refractivity contribution in [2.45, 2.75) is 6.42 Å². The van der Waals surface area contributed by atoms with Crippen molar-refractivity contribution in [3.8, 4) is 0 Å². The number of hydrogen-bond donors (Lipinski definition) is 2. The smallest absolute Gasteiger partial charge is 0.255 e. The Bertz CT molecular complexity index is 702. The van der Waals surface area contributed by atoms with Gasteiger partial charge in [-0.1, -0.05) is 28.1 Å². The topological polar surface area (TPSA) is 67.4 Å². The van der Waals surface area contributed by atoms with E-state index in [0.29, 0.717) is 30.0 Å². The zero-order valence-corrected chi connectivity index (χ0v) is 14.9. The number of methoxy groups -OCH3 is 1. The average Bonchev–Trinajstić information content (AvgIpc) is 2.59. The van der Waals surface area contributed by atoms with Crippen LogP contribution in [0.5, 0.6) is 0 Å². The van der Waals surface area contributed by atoms with Gasteiger partial charge in [-0.15, -0.1) is 0 Å². The maximum Gasteiger partial charge on any atom is 0.255 e. The number of rotatable bonds is 7. The molecule has 2 rings (SSSR count). The molecule has 126 valence electrons. The van der Waals surface area contributed by atoms with E-state index in [1.165, 1.54) is 0 Å². The van der Waals surface area contributed by atoms with Gasteiger partial charge in [0.25, 0.3) is 11.8 Å². The summed E-state index contributed by atoms with van der Waals surface area (Å²) < 4.78 is 5.85. The van der Waals surface area contributed by atoms with Crippen molar-refractivity contribution in [3.05, 3.63) is 64.1 Å². The number of nitrogens with one attached hydrogen (secondary N) is 2. The van der Waals surface area contributed by atoms with E-state index in [2.05, 4.69) is 26.6 Å². The number of halogens is 1. The Morgan fingerprint density at radius 1 is 1.04 bits per heavy atom. The molecule has 0 saturated heterocycles. The Morgan fingerprint density at radius 3 is 2.46 bits per heavy atom. The van der Waals surface area contributed by atoms with Crippen molar-refractivity contribution in [2.75, 3.05) is 25.6 Å². The molecule has 0 aliphatic carbocycles. The van der Waals surface area contributed by atoms with Gasteiger partial charge in [0.05, 0.1) is 11.3 Å². The molecule has 0 saturated carbocycles. The van der Waals surface area contributed by atoms with Crippen LogP contribution in [0.4, 0.5) is 5.69 Å². The quantitative estimate of drug-likeness (QED) is 0.711. The van der Waals surface area contributed by atoms with Crippen LogP contribution in [0.25, 0.3) is 0 Å². The molecular formula is C18H19BrN2O3. The second-order valence-electron chi connectivity index (χ2n) is 5.11. The van der Waals surface area contributed by atoms with E-state index in [9.17, 15) is 9.59 Å². The number of carbonyl (C=O) groups is 2. The van der Waals surface area contributed by atoms with Crippen LogP contribution in [0.2, 0.25) is 0 Å². The van der Waals surface area contributed by atoms with Crippen LogP contribution in [-0.2, 0) is 4.74 Å². The molecule has 0 heterocycles. The molecule has 0 bridgehead atoms. The van der Waals surface area contributed by atoms with Gasteiger partial charge in [-0.05, 0) is 42.8 Å². The van der Waals surface area contributed by atoms with Crippen LogP contribution in [0.1, 0.15) is 27.1 Å². The molecule has 0 unspecified atom stereocenters. The number of para-hydroxylation sites is 1. The highest BCUT2D eigenvalue weighted by Crippen LogP contribution is 2.17. The predicted molar refractivity (Wildman–Crippen MR) is 97.4 cm³/mol. The second-order valence-corrected chi connectivity index (χ2v) is 6.02. The average molecular weight is 391 g/mol. The zero-order chi connectivity index (χ0) is 17.4. The molecule has 0 aliphatic rings. The second kappa shape index (κ2) is 9.20. The van der Waals surface area contributed by atoms with Gasteiger partial charge in [0.15, 0.2) is 0 Å². The Kier molecular flexibility index (Phi) is 6.96. The van der Waals surface area contributed by atoms with E-state index in [4.69, 9.17) is 4.74 Å². The lowest BCUT2D eigenvalue weighted by atomic mass is 10.1. The molecule has 0 fully saturated rings. The Hall–Kier alpha value is -2.18. The lowest BCUT2D eigenvalue weighted by molar-refractivity contribution is 0.0949. The summed E-state index contributed by atoms with van der Waals surface area (Å²) in [4.78, 5) is 24.6. The highest BCUT2D eigenvalue weighted by atomic mass is 79.9. The number of ether oxygens (including phenoxy) is 1. The molecule has 2 N–H and O–H groups in total. The van der Waals surface area contributed by atoms with Crippen LogP contribution in [-0.4, -0.2) is 32.1 Å². The third-order valence-corrected chi connectivity index (χ3v) is 3.87. The van der Waals surface area contributed by atoms with Gasteiger partial charge >= 0.3 is 0 Å². The molecule has 0 radical (unpaired) electrons. The maximum atomic E-state index is 12.3. The third-order valence-electron chi connectivity index (χ3n) is 3.34. The Labute approximate surface area is 149 Å². The zero-order valence-electron chi connectivity index (χ0n) is 13.3. The summed E-state index contributed by atoms with van der Waals surface area (Å²) in [6.07, 6.45) is 0.732. The van der Waals surface area contributed by atoms with Gasteiger partial charge in [0.1, 0.15) is 0 Å². The van der Waals surface area contributed by atoms with Gasteiger partial charge in [-0.2, -0.15) is 0 Å². The highest BCUT2D eigenvalue weighted by Gasteiger charge is 2.13. The number of anilines is 1. The molecule has 0 atom stereocenters. The van der Waals surface area contributed by atoms with Crippen LogP contribution < -0.4 is 10.6 Å². The number of carbonyl (C=O) groups excluding carboxylic acids is 2. The van der Waals surface area contributed by atoms with Crippen LogP contribution in [0.3, 0.4) is 0 Å². The van der Waals surface area contributed by atoms with E-state index in [0.717, 1.165) is 10.9 Å². The van der Waals surface area contributed by atoms with E-state index < -0.39 is 0 Å². The summed E-state index contributed by atoms with van der Waals surface area (Å²) in [5.41, 5.74) is 1.43. The molecule has 2 aromatic rings. The fraction of sp³-hybridized carbons (Fsp3) is 0.222. The van der Waals surface area contributed by atoms with Gasteiger partial charge < -0.3 is 15.4 Å². The first-order chi connectivity index (χ1) is 11.6. The molecule has 2 amide bonds. The SMILES string of the molecule is COCCCNC(=O)c1ccccc1NC(=O)c1ccc(Br)cc1. The van der Waals surface area contributed by atoms with E-state index in [1.807, 2.05) is 0 Å². The molecule has 2 aromatic carbocycles. The van der Waals surface area contributed by atoms with Gasteiger partial charge in [-0.25, -0.2) is 0 Å². The minimum atomic E-state index is -0.262. The maximum absolute atomic E-state index is 12.3.